The summed E-state index contributed by atoms with van der Waals surface area (Å²) in [6.07, 6.45) is 1.84. The third-order valence-corrected chi connectivity index (χ3v) is 4.31. The summed E-state index contributed by atoms with van der Waals surface area (Å²) < 4.78 is 5.13. The Labute approximate surface area is 151 Å². The van der Waals surface area contributed by atoms with Crippen LogP contribution in [0.15, 0.2) is 47.1 Å². The number of anilines is 1. The molecule has 7 nitrogen and oxygen atoms in total. The van der Waals surface area contributed by atoms with Crippen LogP contribution in [0.2, 0.25) is 0 Å². The highest BCUT2D eigenvalue weighted by Gasteiger charge is 2.25. The van der Waals surface area contributed by atoms with Gasteiger partial charge in [-0.05, 0) is 30.3 Å². The first-order valence-corrected chi connectivity index (χ1v) is 8.52. The summed E-state index contributed by atoms with van der Waals surface area (Å²) in [5.41, 5.74) is 1.41. The summed E-state index contributed by atoms with van der Waals surface area (Å²) in [6, 6.07) is 12.6. The van der Waals surface area contributed by atoms with Crippen molar-refractivity contribution in [2.24, 2.45) is 0 Å². The maximum Gasteiger partial charge on any atom is 0.289 e. The first kappa shape index (κ1) is 17.5. The summed E-state index contributed by atoms with van der Waals surface area (Å²) >= 11 is 0. The molecule has 0 saturated carbocycles. The van der Waals surface area contributed by atoms with Gasteiger partial charge in [0.15, 0.2) is 5.76 Å². The molecule has 1 saturated heterocycles. The molecule has 7 heteroatoms. The molecule has 134 valence electrons. The highest BCUT2D eigenvalue weighted by molar-refractivity contribution is 5.91. The predicted molar refractivity (Wildman–Crippen MR) is 95.5 cm³/mol. The fraction of sp³-hybridized carbons (Fsp3) is 0.316. The second kappa shape index (κ2) is 8.21. The number of hydrogen-bond donors (Lipinski definition) is 1. The number of carbonyl (C=O) groups is 2. The molecule has 2 heterocycles. The molecular formula is C19H20N4O3. The van der Waals surface area contributed by atoms with Crippen LogP contribution < -0.4 is 5.32 Å². The summed E-state index contributed by atoms with van der Waals surface area (Å²) in [5.74, 6) is 0.244. The van der Waals surface area contributed by atoms with Crippen molar-refractivity contribution in [1.29, 1.82) is 5.26 Å². The molecule has 0 aliphatic carbocycles. The number of carbonyl (C=O) groups excluding carboxylic acids is 2. The second-order valence-electron chi connectivity index (χ2n) is 6.02. The van der Waals surface area contributed by atoms with E-state index in [0.29, 0.717) is 50.5 Å². The summed E-state index contributed by atoms with van der Waals surface area (Å²) in [6.45, 7) is 2.55. The first-order chi connectivity index (χ1) is 12.7. The minimum absolute atomic E-state index is 0.0547. The largest absolute Gasteiger partial charge is 0.459 e. The van der Waals surface area contributed by atoms with Gasteiger partial charge in [0.1, 0.15) is 0 Å². The van der Waals surface area contributed by atoms with Crippen LogP contribution in [0.4, 0.5) is 5.69 Å². The Morgan fingerprint density at radius 2 is 1.88 bits per heavy atom. The van der Waals surface area contributed by atoms with Crippen LogP contribution in [0, 0.1) is 11.3 Å². The minimum atomic E-state index is -0.138. The molecule has 0 bridgehead atoms. The fourth-order valence-corrected chi connectivity index (χ4v) is 2.89. The van der Waals surface area contributed by atoms with Crippen LogP contribution in [-0.4, -0.2) is 54.3 Å². The van der Waals surface area contributed by atoms with Crippen molar-refractivity contribution < 1.29 is 14.0 Å². The van der Waals surface area contributed by atoms with Crippen molar-refractivity contribution >= 4 is 17.5 Å². The van der Waals surface area contributed by atoms with E-state index in [1.807, 2.05) is 6.07 Å². The van der Waals surface area contributed by atoms with Crippen LogP contribution in [0.3, 0.4) is 0 Å². The molecule has 2 aromatic rings. The van der Waals surface area contributed by atoms with Crippen molar-refractivity contribution in [1.82, 2.24) is 9.80 Å². The lowest BCUT2D eigenvalue weighted by Crippen LogP contribution is -2.50. The lowest BCUT2D eigenvalue weighted by molar-refractivity contribution is -0.132. The van der Waals surface area contributed by atoms with Crippen molar-refractivity contribution in [2.75, 3.05) is 38.0 Å². The minimum Gasteiger partial charge on any atom is -0.459 e. The van der Waals surface area contributed by atoms with Gasteiger partial charge in [0.05, 0.1) is 17.9 Å². The van der Waals surface area contributed by atoms with E-state index >= 15 is 0 Å². The SMILES string of the molecule is N#Cc1cccc(NCCC(=O)N2CCN(C(=O)c3ccco3)CC2)c1. The quantitative estimate of drug-likeness (QED) is 0.888. The van der Waals surface area contributed by atoms with Crippen LogP contribution in [0.5, 0.6) is 0 Å². The molecule has 1 N–H and O–H groups in total. The van der Waals surface area contributed by atoms with Gasteiger partial charge in [-0.1, -0.05) is 6.07 Å². The molecule has 2 amide bonds. The average molecular weight is 352 g/mol. The summed E-state index contributed by atoms with van der Waals surface area (Å²) in [5, 5.41) is 12.1. The Bertz CT molecular complexity index is 802. The van der Waals surface area contributed by atoms with Crippen molar-refractivity contribution in [3.8, 4) is 6.07 Å². The molecule has 1 aromatic carbocycles. The highest BCUT2D eigenvalue weighted by Crippen LogP contribution is 2.12. The molecular weight excluding hydrogens is 332 g/mol. The normalized spacial score (nSPS) is 14.0. The lowest BCUT2D eigenvalue weighted by Gasteiger charge is -2.34. The van der Waals surface area contributed by atoms with Gasteiger partial charge < -0.3 is 19.5 Å². The lowest BCUT2D eigenvalue weighted by atomic mass is 10.2. The predicted octanol–water partition coefficient (Wildman–Crippen LogP) is 1.94. The van der Waals surface area contributed by atoms with E-state index < -0.39 is 0 Å². The van der Waals surface area contributed by atoms with E-state index in [2.05, 4.69) is 11.4 Å². The molecule has 26 heavy (non-hydrogen) atoms. The standard InChI is InChI=1S/C19H20N4O3/c20-14-15-3-1-4-16(13-15)21-7-6-18(24)22-8-10-23(11-9-22)19(25)17-5-2-12-26-17/h1-5,12-13,21H,6-11H2. The zero-order valence-corrected chi connectivity index (χ0v) is 14.4. The monoisotopic (exact) mass is 352 g/mol. The number of amides is 2. The Hall–Kier alpha value is -3.27. The maximum atomic E-state index is 12.3. The van der Waals surface area contributed by atoms with E-state index in [4.69, 9.17) is 9.68 Å². The van der Waals surface area contributed by atoms with Gasteiger partial charge >= 0.3 is 0 Å². The number of furan rings is 1. The number of hydrogen-bond acceptors (Lipinski definition) is 5. The Morgan fingerprint density at radius 3 is 2.58 bits per heavy atom. The number of nitrogens with one attached hydrogen (secondary N) is 1. The maximum absolute atomic E-state index is 12.3. The first-order valence-electron chi connectivity index (χ1n) is 8.52. The zero-order valence-electron chi connectivity index (χ0n) is 14.4. The van der Waals surface area contributed by atoms with Crippen molar-refractivity contribution in [3.05, 3.63) is 54.0 Å². The molecule has 1 aromatic heterocycles. The molecule has 3 rings (SSSR count). The molecule has 0 atom stereocenters. The van der Waals surface area contributed by atoms with Gasteiger partial charge in [0.2, 0.25) is 5.91 Å². The van der Waals surface area contributed by atoms with Gasteiger partial charge in [0, 0.05) is 44.8 Å². The number of nitriles is 1. The van der Waals surface area contributed by atoms with Crippen LogP contribution in [0.25, 0.3) is 0 Å². The Morgan fingerprint density at radius 1 is 1.12 bits per heavy atom. The summed E-state index contributed by atoms with van der Waals surface area (Å²) in [7, 11) is 0. The molecule has 1 fully saturated rings. The topological polar surface area (TPSA) is 89.6 Å². The van der Waals surface area contributed by atoms with Crippen LogP contribution >= 0.6 is 0 Å². The van der Waals surface area contributed by atoms with Gasteiger partial charge in [-0.15, -0.1) is 0 Å². The zero-order chi connectivity index (χ0) is 18.4. The molecule has 1 aliphatic heterocycles. The smallest absolute Gasteiger partial charge is 0.289 e. The van der Waals surface area contributed by atoms with Crippen molar-refractivity contribution in [2.45, 2.75) is 6.42 Å². The second-order valence-corrected chi connectivity index (χ2v) is 6.02. The third-order valence-electron chi connectivity index (χ3n) is 4.31. The Balaban J connectivity index is 1.42. The number of rotatable bonds is 5. The number of nitrogens with zero attached hydrogens (tertiary/aromatic N) is 3. The van der Waals surface area contributed by atoms with E-state index in [1.165, 1.54) is 6.26 Å². The van der Waals surface area contributed by atoms with E-state index in [9.17, 15) is 9.59 Å². The molecule has 0 radical (unpaired) electrons. The van der Waals surface area contributed by atoms with Gasteiger partial charge in [-0.2, -0.15) is 5.26 Å². The van der Waals surface area contributed by atoms with Crippen LogP contribution in [-0.2, 0) is 4.79 Å². The van der Waals surface area contributed by atoms with Gasteiger partial charge in [0.25, 0.3) is 5.91 Å². The fourth-order valence-electron chi connectivity index (χ4n) is 2.89. The third kappa shape index (κ3) is 4.22. The average Bonchev–Trinajstić information content (AvgIpc) is 3.22. The number of benzene rings is 1. The van der Waals surface area contributed by atoms with Gasteiger partial charge in [-0.3, -0.25) is 9.59 Å². The highest BCUT2D eigenvalue weighted by atomic mass is 16.3. The summed E-state index contributed by atoms with van der Waals surface area (Å²) in [4.78, 5) is 28.0. The molecule has 1 aliphatic rings. The van der Waals surface area contributed by atoms with E-state index in [0.717, 1.165) is 5.69 Å². The molecule has 0 unspecified atom stereocenters. The van der Waals surface area contributed by atoms with E-state index in [-0.39, 0.29) is 11.8 Å². The Kier molecular flexibility index (Phi) is 5.54. The number of piperazine rings is 1. The van der Waals surface area contributed by atoms with Crippen LogP contribution in [0.1, 0.15) is 22.5 Å². The van der Waals surface area contributed by atoms with Crippen molar-refractivity contribution in [3.63, 3.8) is 0 Å². The molecule has 0 spiro atoms. The van der Waals surface area contributed by atoms with E-state index in [1.54, 1.807) is 40.1 Å². The van der Waals surface area contributed by atoms with Gasteiger partial charge in [-0.25, -0.2) is 0 Å².